The molecule has 15 heteroatoms. The molecule has 0 bridgehead atoms. The molecule has 1 N–H and O–H groups in total. The number of methoxy groups -OCH3 is 3. The van der Waals surface area contributed by atoms with Crippen LogP contribution in [0.4, 0.5) is 11.4 Å². The van der Waals surface area contributed by atoms with E-state index in [4.69, 9.17) is 30.5 Å². The van der Waals surface area contributed by atoms with Crippen LogP contribution in [0.25, 0.3) is 0 Å². The number of sulfonamides is 2. The number of carbonyl (C=O) groups excluding carboxylic acids is 1. The number of rotatable bonds is 11. The largest absolute Gasteiger partial charge is 0.495 e. The number of nitrogens with zero attached hydrogens (tertiary/aromatic N) is 2. The molecule has 1 fully saturated rings. The molecule has 0 aliphatic carbocycles. The lowest BCUT2D eigenvalue weighted by atomic mass is 10.3. The molecule has 0 unspecified atom stereocenters. The maximum atomic E-state index is 13.9. The third-order valence-corrected chi connectivity index (χ3v) is 10.3. The van der Waals surface area contributed by atoms with Crippen LogP contribution in [-0.2, 0) is 29.6 Å². The van der Waals surface area contributed by atoms with E-state index in [1.54, 1.807) is 0 Å². The fourth-order valence-electron chi connectivity index (χ4n) is 4.24. The first-order valence-electron chi connectivity index (χ1n) is 12.6. The molecular weight excluding hydrogens is 610 g/mol. The topological polar surface area (TPSA) is 141 Å². The number of halogens is 1. The Balaban J connectivity index is 1.63. The van der Waals surface area contributed by atoms with Gasteiger partial charge < -0.3 is 24.3 Å². The quantitative estimate of drug-likeness (QED) is 0.335. The Bertz CT molecular complexity index is 1640. The van der Waals surface area contributed by atoms with Crippen molar-refractivity contribution in [3.8, 4) is 17.2 Å². The van der Waals surface area contributed by atoms with E-state index in [1.807, 2.05) is 0 Å². The third kappa shape index (κ3) is 6.73. The van der Waals surface area contributed by atoms with Gasteiger partial charge in [-0.1, -0.05) is 11.6 Å². The van der Waals surface area contributed by atoms with E-state index in [2.05, 4.69) is 5.32 Å². The number of ether oxygens (including phenoxy) is 4. The lowest BCUT2D eigenvalue weighted by Crippen LogP contribution is -2.40. The van der Waals surface area contributed by atoms with Crippen LogP contribution in [0.15, 0.2) is 70.5 Å². The highest BCUT2D eigenvalue weighted by Crippen LogP contribution is 2.37. The van der Waals surface area contributed by atoms with Gasteiger partial charge >= 0.3 is 0 Å². The summed E-state index contributed by atoms with van der Waals surface area (Å²) in [6.45, 7) is 0.457. The van der Waals surface area contributed by atoms with Gasteiger partial charge in [0.15, 0.2) is 11.5 Å². The second-order valence-electron chi connectivity index (χ2n) is 8.93. The molecule has 0 aromatic heterocycles. The fraction of sp³-hybridized carbons (Fsp3) is 0.296. The molecule has 4 rings (SSSR count). The molecule has 0 saturated carbocycles. The van der Waals surface area contributed by atoms with E-state index < -0.39 is 32.5 Å². The van der Waals surface area contributed by atoms with Crippen LogP contribution >= 0.6 is 11.6 Å². The van der Waals surface area contributed by atoms with Crippen LogP contribution in [0.5, 0.6) is 17.2 Å². The number of benzene rings is 3. The number of morpholine rings is 1. The zero-order valence-electron chi connectivity index (χ0n) is 23.1. The van der Waals surface area contributed by atoms with Gasteiger partial charge in [0.05, 0.1) is 50.0 Å². The average molecular weight is 640 g/mol. The summed E-state index contributed by atoms with van der Waals surface area (Å²) in [6, 6.07) is 14.0. The monoisotopic (exact) mass is 639 g/mol. The van der Waals surface area contributed by atoms with Crippen LogP contribution < -0.4 is 23.8 Å². The van der Waals surface area contributed by atoms with Crippen LogP contribution in [0.3, 0.4) is 0 Å². The number of carbonyl (C=O) groups is 1. The van der Waals surface area contributed by atoms with Crippen molar-refractivity contribution >= 4 is 48.9 Å². The molecule has 0 atom stereocenters. The Labute approximate surface area is 249 Å². The second-order valence-corrected chi connectivity index (χ2v) is 13.2. The van der Waals surface area contributed by atoms with Gasteiger partial charge in [-0.05, 0) is 54.6 Å². The van der Waals surface area contributed by atoms with Crippen LogP contribution in [0.1, 0.15) is 0 Å². The van der Waals surface area contributed by atoms with Crippen molar-refractivity contribution in [3.05, 3.63) is 65.7 Å². The molecule has 12 nitrogen and oxygen atoms in total. The Hall–Kier alpha value is -3.56. The molecule has 1 aliphatic rings. The Kier molecular flexibility index (Phi) is 9.84. The smallest absolute Gasteiger partial charge is 0.265 e. The summed E-state index contributed by atoms with van der Waals surface area (Å²) < 4.78 is 77.0. The van der Waals surface area contributed by atoms with Crippen molar-refractivity contribution in [2.75, 3.05) is 63.8 Å². The lowest BCUT2D eigenvalue weighted by molar-refractivity contribution is -0.114. The minimum atomic E-state index is -4.38. The van der Waals surface area contributed by atoms with Crippen molar-refractivity contribution in [2.45, 2.75) is 9.79 Å². The highest BCUT2D eigenvalue weighted by molar-refractivity contribution is 7.93. The zero-order valence-corrected chi connectivity index (χ0v) is 25.5. The van der Waals surface area contributed by atoms with Crippen molar-refractivity contribution < 1.29 is 40.6 Å². The van der Waals surface area contributed by atoms with Gasteiger partial charge in [0.1, 0.15) is 12.3 Å². The van der Waals surface area contributed by atoms with Gasteiger partial charge in [-0.2, -0.15) is 4.31 Å². The summed E-state index contributed by atoms with van der Waals surface area (Å²) in [4.78, 5) is 13.1. The predicted molar refractivity (Wildman–Crippen MR) is 157 cm³/mol. The summed E-state index contributed by atoms with van der Waals surface area (Å²) >= 11 is 6.20. The van der Waals surface area contributed by atoms with Crippen LogP contribution in [0, 0.1) is 0 Å². The second kappa shape index (κ2) is 13.2. The predicted octanol–water partition coefficient (Wildman–Crippen LogP) is 3.22. The molecule has 0 radical (unpaired) electrons. The average Bonchev–Trinajstić information content (AvgIpc) is 3.00. The van der Waals surface area contributed by atoms with Gasteiger partial charge in [-0.3, -0.25) is 9.10 Å². The number of amides is 1. The van der Waals surface area contributed by atoms with Gasteiger partial charge in [-0.15, -0.1) is 0 Å². The van der Waals surface area contributed by atoms with E-state index in [-0.39, 0.29) is 50.8 Å². The number of hydrogen-bond acceptors (Lipinski definition) is 9. The molecule has 1 amide bonds. The Morgan fingerprint density at radius 1 is 0.857 bits per heavy atom. The van der Waals surface area contributed by atoms with Gasteiger partial charge in [0.2, 0.25) is 15.9 Å². The minimum absolute atomic E-state index is 0.0295. The van der Waals surface area contributed by atoms with Crippen molar-refractivity contribution in [2.24, 2.45) is 0 Å². The van der Waals surface area contributed by atoms with Crippen LogP contribution in [0.2, 0.25) is 5.02 Å². The molecule has 1 saturated heterocycles. The van der Waals surface area contributed by atoms with Gasteiger partial charge in [0.25, 0.3) is 10.0 Å². The highest BCUT2D eigenvalue weighted by Gasteiger charge is 2.31. The fourth-order valence-corrected chi connectivity index (χ4v) is 7.25. The van der Waals surface area contributed by atoms with Crippen LogP contribution in [-0.4, -0.2) is 81.2 Å². The standard InChI is InChI=1S/C27H30ClN3O9S2/c1-37-24-10-4-19(28)16-23(24)31(42(35,36)22-9-11-25(38-2)26(17-22)39-3)18-27(32)29-20-5-7-21(8-6-20)41(33,34)30-12-14-40-15-13-30/h4-11,16-17H,12-15,18H2,1-3H3,(H,29,32). The molecule has 1 aliphatic heterocycles. The Morgan fingerprint density at radius 2 is 1.45 bits per heavy atom. The molecular formula is C27H30ClN3O9S2. The maximum absolute atomic E-state index is 13.9. The van der Waals surface area contributed by atoms with E-state index in [1.165, 1.54) is 86.3 Å². The molecule has 1 heterocycles. The molecule has 3 aromatic rings. The van der Waals surface area contributed by atoms with Crippen molar-refractivity contribution in [1.29, 1.82) is 0 Å². The SMILES string of the molecule is COc1ccc(S(=O)(=O)N(CC(=O)Nc2ccc(S(=O)(=O)N3CCOCC3)cc2)c2cc(Cl)ccc2OC)cc1OC. The van der Waals surface area contributed by atoms with Gasteiger partial charge in [0, 0.05) is 29.9 Å². The van der Waals surface area contributed by atoms with Crippen molar-refractivity contribution in [1.82, 2.24) is 4.31 Å². The number of nitrogens with one attached hydrogen (secondary N) is 1. The molecule has 226 valence electrons. The molecule has 42 heavy (non-hydrogen) atoms. The molecule has 3 aromatic carbocycles. The van der Waals surface area contributed by atoms with E-state index in [0.717, 1.165) is 4.31 Å². The zero-order chi connectivity index (χ0) is 30.5. The summed E-state index contributed by atoms with van der Waals surface area (Å²) in [5.41, 5.74) is 0.296. The highest BCUT2D eigenvalue weighted by atomic mass is 35.5. The summed E-state index contributed by atoms with van der Waals surface area (Å²) in [7, 11) is -3.96. The van der Waals surface area contributed by atoms with E-state index >= 15 is 0 Å². The molecule has 0 spiro atoms. The third-order valence-electron chi connectivity index (χ3n) is 6.39. The van der Waals surface area contributed by atoms with E-state index in [9.17, 15) is 21.6 Å². The van der Waals surface area contributed by atoms with Gasteiger partial charge in [-0.25, -0.2) is 16.8 Å². The summed E-state index contributed by atoms with van der Waals surface area (Å²) in [5, 5.41) is 2.84. The number of anilines is 2. The summed E-state index contributed by atoms with van der Waals surface area (Å²) in [5.74, 6) is -0.0490. The number of hydrogen-bond donors (Lipinski definition) is 1. The lowest BCUT2D eigenvalue weighted by Gasteiger charge is -2.26. The van der Waals surface area contributed by atoms with E-state index in [0.29, 0.717) is 19.0 Å². The minimum Gasteiger partial charge on any atom is -0.495 e. The van der Waals surface area contributed by atoms with Crippen molar-refractivity contribution in [3.63, 3.8) is 0 Å². The summed E-state index contributed by atoms with van der Waals surface area (Å²) in [6.07, 6.45) is 0. The first kappa shape index (κ1) is 31.4. The Morgan fingerprint density at radius 3 is 2.07 bits per heavy atom. The first-order chi connectivity index (χ1) is 20.0. The normalized spacial score (nSPS) is 14.2. The first-order valence-corrected chi connectivity index (χ1v) is 15.8. The maximum Gasteiger partial charge on any atom is 0.265 e.